The van der Waals surface area contributed by atoms with Crippen molar-refractivity contribution in [1.82, 2.24) is 9.80 Å². The fourth-order valence-corrected chi connectivity index (χ4v) is 2.43. The lowest BCUT2D eigenvalue weighted by molar-refractivity contribution is -0.119. The Hall–Kier alpha value is -3.26. The van der Waals surface area contributed by atoms with Gasteiger partial charge in [0.1, 0.15) is 5.82 Å². The number of anilines is 2. The molecule has 0 radical (unpaired) electrons. The number of likely N-dealkylation sites (N-methyl/N-ethyl adjacent to an activating group) is 1. The van der Waals surface area contributed by atoms with E-state index in [0.29, 0.717) is 16.9 Å². The van der Waals surface area contributed by atoms with Crippen LogP contribution in [-0.2, 0) is 9.59 Å². The van der Waals surface area contributed by atoms with Crippen LogP contribution in [0.4, 0.5) is 15.8 Å². The summed E-state index contributed by atoms with van der Waals surface area (Å²) in [5, 5.41) is 5.35. The van der Waals surface area contributed by atoms with Gasteiger partial charge >= 0.3 is 0 Å². The third kappa shape index (κ3) is 6.48. The molecule has 0 aliphatic rings. The van der Waals surface area contributed by atoms with Crippen molar-refractivity contribution in [3.8, 4) is 0 Å². The molecule has 8 heteroatoms. The van der Waals surface area contributed by atoms with Gasteiger partial charge in [0, 0.05) is 31.0 Å². The normalized spacial score (nSPS) is 10.5. The monoisotopic (exact) mass is 386 g/mol. The zero-order valence-corrected chi connectivity index (χ0v) is 16.0. The Labute approximate surface area is 163 Å². The number of hydrogen-bond acceptors (Lipinski definition) is 4. The van der Waals surface area contributed by atoms with E-state index in [0.717, 1.165) is 0 Å². The summed E-state index contributed by atoms with van der Waals surface area (Å²) in [5.41, 5.74) is 1.57. The number of amides is 3. The molecular weight excluding hydrogens is 363 g/mol. The van der Waals surface area contributed by atoms with Crippen LogP contribution in [0.1, 0.15) is 10.4 Å². The van der Waals surface area contributed by atoms with Gasteiger partial charge in [-0.2, -0.15) is 0 Å². The molecule has 0 heterocycles. The first-order chi connectivity index (χ1) is 13.2. The Kier molecular flexibility index (Phi) is 7.22. The Morgan fingerprint density at radius 1 is 0.786 bits per heavy atom. The number of nitrogens with one attached hydrogen (secondary N) is 2. The van der Waals surface area contributed by atoms with Crippen LogP contribution in [0.5, 0.6) is 0 Å². The molecule has 2 aromatic carbocycles. The Morgan fingerprint density at radius 3 is 1.64 bits per heavy atom. The zero-order chi connectivity index (χ0) is 20.7. The first kappa shape index (κ1) is 21.0. The van der Waals surface area contributed by atoms with Crippen LogP contribution in [-0.4, -0.2) is 61.8 Å². The fourth-order valence-electron chi connectivity index (χ4n) is 2.43. The second kappa shape index (κ2) is 9.61. The SMILES string of the molecule is CN(CC(=O)Nc1ccc(F)cc1)CC(=O)Nc1ccc(C(=O)N(C)C)cc1. The van der Waals surface area contributed by atoms with Crippen LogP contribution in [0, 0.1) is 5.82 Å². The van der Waals surface area contributed by atoms with E-state index in [1.807, 2.05) is 0 Å². The van der Waals surface area contributed by atoms with Crippen LogP contribution < -0.4 is 10.6 Å². The second-order valence-electron chi connectivity index (χ2n) is 6.55. The molecule has 2 N–H and O–H groups in total. The lowest BCUT2D eigenvalue weighted by Gasteiger charge is -2.16. The highest BCUT2D eigenvalue weighted by Gasteiger charge is 2.12. The van der Waals surface area contributed by atoms with Crippen molar-refractivity contribution >= 4 is 29.1 Å². The molecule has 0 aliphatic carbocycles. The summed E-state index contributed by atoms with van der Waals surface area (Å²) in [5.74, 6) is -1.10. The van der Waals surface area contributed by atoms with Crippen LogP contribution in [0.25, 0.3) is 0 Å². The molecule has 0 atom stereocenters. The van der Waals surface area contributed by atoms with Gasteiger partial charge in [-0.25, -0.2) is 4.39 Å². The van der Waals surface area contributed by atoms with E-state index in [9.17, 15) is 18.8 Å². The summed E-state index contributed by atoms with van der Waals surface area (Å²) >= 11 is 0. The average molecular weight is 386 g/mol. The van der Waals surface area contributed by atoms with E-state index in [1.165, 1.54) is 29.2 Å². The first-order valence-electron chi connectivity index (χ1n) is 8.60. The van der Waals surface area contributed by atoms with Crippen molar-refractivity contribution in [3.63, 3.8) is 0 Å². The highest BCUT2D eigenvalue weighted by molar-refractivity contribution is 5.96. The molecule has 28 heavy (non-hydrogen) atoms. The third-order valence-corrected chi connectivity index (χ3v) is 3.78. The Bertz CT molecular complexity index is 836. The molecule has 2 rings (SSSR count). The topological polar surface area (TPSA) is 81.8 Å². The number of benzene rings is 2. The van der Waals surface area contributed by atoms with Crippen molar-refractivity contribution in [2.75, 3.05) is 44.9 Å². The molecule has 0 fully saturated rings. The number of carbonyl (C=O) groups is 3. The van der Waals surface area contributed by atoms with E-state index in [2.05, 4.69) is 10.6 Å². The lowest BCUT2D eigenvalue weighted by Crippen LogP contribution is -2.36. The summed E-state index contributed by atoms with van der Waals surface area (Å²) < 4.78 is 12.9. The number of carbonyl (C=O) groups excluding carboxylic acids is 3. The van der Waals surface area contributed by atoms with E-state index >= 15 is 0 Å². The summed E-state index contributed by atoms with van der Waals surface area (Å²) in [6.07, 6.45) is 0. The summed E-state index contributed by atoms with van der Waals surface area (Å²) in [4.78, 5) is 39.0. The smallest absolute Gasteiger partial charge is 0.253 e. The molecule has 0 bridgehead atoms. The minimum atomic E-state index is -0.383. The molecule has 0 unspecified atom stereocenters. The predicted molar refractivity (Wildman–Crippen MR) is 106 cm³/mol. The molecule has 0 aromatic heterocycles. The Morgan fingerprint density at radius 2 is 1.21 bits per heavy atom. The van der Waals surface area contributed by atoms with Crippen LogP contribution >= 0.6 is 0 Å². The van der Waals surface area contributed by atoms with Gasteiger partial charge in [-0.15, -0.1) is 0 Å². The van der Waals surface area contributed by atoms with Gasteiger partial charge in [-0.3, -0.25) is 19.3 Å². The molecule has 148 valence electrons. The maximum atomic E-state index is 12.9. The zero-order valence-electron chi connectivity index (χ0n) is 16.0. The molecule has 2 aromatic rings. The third-order valence-electron chi connectivity index (χ3n) is 3.78. The summed E-state index contributed by atoms with van der Waals surface area (Å²) in [6, 6.07) is 12.0. The number of nitrogens with zero attached hydrogens (tertiary/aromatic N) is 2. The van der Waals surface area contributed by atoms with Gasteiger partial charge in [0.25, 0.3) is 5.91 Å². The summed E-state index contributed by atoms with van der Waals surface area (Å²) in [7, 11) is 4.98. The lowest BCUT2D eigenvalue weighted by atomic mass is 10.2. The maximum absolute atomic E-state index is 12.9. The van der Waals surface area contributed by atoms with Crippen molar-refractivity contribution in [3.05, 3.63) is 59.9 Å². The van der Waals surface area contributed by atoms with Gasteiger partial charge in [-0.05, 0) is 55.6 Å². The van der Waals surface area contributed by atoms with Gasteiger partial charge in [-0.1, -0.05) is 0 Å². The van der Waals surface area contributed by atoms with Crippen LogP contribution in [0.15, 0.2) is 48.5 Å². The van der Waals surface area contributed by atoms with Gasteiger partial charge < -0.3 is 15.5 Å². The molecule has 0 saturated carbocycles. The van der Waals surface area contributed by atoms with Gasteiger partial charge in [0.05, 0.1) is 13.1 Å². The van der Waals surface area contributed by atoms with Crippen molar-refractivity contribution in [1.29, 1.82) is 0 Å². The highest BCUT2D eigenvalue weighted by atomic mass is 19.1. The molecule has 0 spiro atoms. The van der Waals surface area contributed by atoms with Crippen molar-refractivity contribution in [2.45, 2.75) is 0 Å². The largest absolute Gasteiger partial charge is 0.345 e. The minimum absolute atomic E-state index is 0.00106. The Balaban J connectivity index is 1.81. The number of halogens is 1. The molecule has 3 amide bonds. The average Bonchev–Trinajstić information content (AvgIpc) is 2.63. The summed E-state index contributed by atoms with van der Waals surface area (Å²) in [6.45, 7) is 0.0102. The van der Waals surface area contributed by atoms with Crippen molar-refractivity contribution < 1.29 is 18.8 Å². The minimum Gasteiger partial charge on any atom is -0.345 e. The molecular formula is C20H23FN4O3. The predicted octanol–water partition coefficient (Wildman–Crippen LogP) is 2.04. The first-order valence-corrected chi connectivity index (χ1v) is 8.60. The van der Waals surface area contributed by atoms with E-state index in [1.54, 1.807) is 50.3 Å². The number of rotatable bonds is 7. The van der Waals surface area contributed by atoms with E-state index < -0.39 is 0 Å². The quantitative estimate of drug-likeness (QED) is 0.763. The molecule has 0 aliphatic heterocycles. The van der Waals surface area contributed by atoms with Gasteiger partial charge in [0.15, 0.2) is 0 Å². The highest BCUT2D eigenvalue weighted by Crippen LogP contribution is 2.11. The van der Waals surface area contributed by atoms with E-state index in [-0.39, 0.29) is 36.6 Å². The second-order valence-corrected chi connectivity index (χ2v) is 6.55. The van der Waals surface area contributed by atoms with E-state index in [4.69, 9.17) is 0 Å². The van der Waals surface area contributed by atoms with Crippen LogP contribution in [0.3, 0.4) is 0 Å². The molecule has 7 nitrogen and oxygen atoms in total. The number of hydrogen-bond donors (Lipinski definition) is 2. The van der Waals surface area contributed by atoms with Crippen LogP contribution in [0.2, 0.25) is 0 Å². The van der Waals surface area contributed by atoms with Gasteiger partial charge in [0.2, 0.25) is 11.8 Å². The maximum Gasteiger partial charge on any atom is 0.253 e. The van der Waals surface area contributed by atoms with Crippen molar-refractivity contribution in [2.24, 2.45) is 0 Å². The standard InChI is InChI=1S/C20H23FN4O3/c1-24(2)20(28)14-4-8-16(9-5-14)22-18(26)12-25(3)13-19(27)23-17-10-6-15(21)7-11-17/h4-11H,12-13H2,1-3H3,(H,22,26)(H,23,27). The fraction of sp³-hybridized carbons (Fsp3) is 0.250. The molecule has 0 saturated heterocycles.